The summed E-state index contributed by atoms with van der Waals surface area (Å²) in [5.41, 5.74) is 13.5. The van der Waals surface area contributed by atoms with Crippen molar-refractivity contribution in [1.29, 1.82) is 0 Å². The van der Waals surface area contributed by atoms with Crippen LogP contribution in [0.5, 0.6) is 0 Å². The molecule has 2 aromatic heterocycles. The van der Waals surface area contributed by atoms with Gasteiger partial charge in [0.15, 0.2) is 0 Å². The average Bonchev–Trinajstić information content (AvgIpc) is 3.83. The van der Waals surface area contributed by atoms with Crippen LogP contribution in [0.25, 0.3) is 88.0 Å². The first kappa shape index (κ1) is 31.2. The van der Waals surface area contributed by atoms with E-state index in [9.17, 15) is 0 Å². The third kappa shape index (κ3) is 5.28. The van der Waals surface area contributed by atoms with Gasteiger partial charge < -0.3 is 13.7 Å². The fraction of sp³-hybridized carbons (Fsp3) is 0. The van der Waals surface area contributed by atoms with Crippen molar-refractivity contribution in [2.75, 3.05) is 4.90 Å². The van der Waals surface area contributed by atoms with Crippen LogP contribution in [0.1, 0.15) is 0 Å². The molecule has 11 rings (SSSR count). The standard InChI is InChI=1S/C52H33NO2/c1-3-11-34(12-4-1)40-25-29-49-46(32-40)51-47(19-10-20-50(51)54-49)53(41-26-23-36(24-27-41)39-22-21-35-13-7-8-16-38(35)31-39)42-28-30-48-45(33-42)44-18-9-17-43(52(44)55-48)37-14-5-2-6-15-37/h1-33H. The molecule has 0 saturated carbocycles. The number of furan rings is 2. The predicted octanol–water partition coefficient (Wildman–Crippen LogP) is 15.1. The highest BCUT2D eigenvalue weighted by atomic mass is 16.3. The van der Waals surface area contributed by atoms with E-state index in [4.69, 9.17) is 8.83 Å². The fourth-order valence-corrected chi connectivity index (χ4v) is 8.17. The van der Waals surface area contributed by atoms with Crippen LogP contribution in [0.3, 0.4) is 0 Å². The van der Waals surface area contributed by atoms with Crippen LogP contribution in [-0.2, 0) is 0 Å². The molecule has 0 radical (unpaired) electrons. The minimum absolute atomic E-state index is 0.845. The van der Waals surface area contributed by atoms with E-state index in [1.165, 1.54) is 27.5 Å². The maximum atomic E-state index is 6.62. The number of fused-ring (bicyclic) bond motifs is 7. The number of rotatable bonds is 6. The number of benzene rings is 9. The Labute approximate surface area is 317 Å². The summed E-state index contributed by atoms with van der Waals surface area (Å²) in [5, 5.41) is 6.77. The molecular formula is C52H33NO2. The van der Waals surface area contributed by atoms with Gasteiger partial charge in [-0.3, -0.25) is 0 Å². The van der Waals surface area contributed by atoms with E-state index in [0.717, 1.165) is 77.6 Å². The Morgan fingerprint density at radius 2 is 0.964 bits per heavy atom. The molecule has 0 aliphatic rings. The lowest BCUT2D eigenvalue weighted by atomic mass is 10.00. The Morgan fingerprint density at radius 3 is 1.80 bits per heavy atom. The van der Waals surface area contributed by atoms with Crippen LogP contribution in [0.2, 0.25) is 0 Å². The Balaban J connectivity index is 1.12. The number of hydrogen-bond donors (Lipinski definition) is 0. The van der Waals surface area contributed by atoms with Gasteiger partial charge in [-0.1, -0.05) is 140 Å². The normalized spacial score (nSPS) is 11.6. The lowest BCUT2D eigenvalue weighted by Gasteiger charge is -2.26. The maximum absolute atomic E-state index is 6.62. The minimum atomic E-state index is 0.845. The van der Waals surface area contributed by atoms with Crippen molar-refractivity contribution in [1.82, 2.24) is 0 Å². The first-order chi connectivity index (χ1) is 27.2. The van der Waals surface area contributed by atoms with Crippen LogP contribution >= 0.6 is 0 Å². The van der Waals surface area contributed by atoms with Crippen LogP contribution in [0.4, 0.5) is 17.1 Å². The van der Waals surface area contributed by atoms with Gasteiger partial charge in [0.25, 0.3) is 0 Å². The molecule has 11 aromatic rings. The second-order valence-electron chi connectivity index (χ2n) is 14.1. The monoisotopic (exact) mass is 703 g/mol. The van der Waals surface area contributed by atoms with Crippen LogP contribution < -0.4 is 4.90 Å². The van der Waals surface area contributed by atoms with Gasteiger partial charge in [0.2, 0.25) is 0 Å². The zero-order valence-corrected chi connectivity index (χ0v) is 29.8. The molecule has 0 aliphatic carbocycles. The van der Waals surface area contributed by atoms with E-state index in [2.05, 4.69) is 199 Å². The minimum Gasteiger partial charge on any atom is -0.456 e. The Bertz CT molecular complexity index is 3190. The van der Waals surface area contributed by atoms with Crippen molar-refractivity contribution in [2.24, 2.45) is 0 Å². The van der Waals surface area contributed by atoms with E-state index in [0.29, 0.717) is 0 Å². The number of anilines is 3. The zero-order chi connectivity index (χ0) is 36.3. The van der Waals surface area contributed by atoms with Crippen molar-refractivity contribution in [3.8, 4) is 33.4 Å². The van der Waals surface area contributed by atoms with Gasteiger partial charge in [-0.2, -0.15) is 0 Å². The molecule has 9 aromatic carbocycles. The smallest absolute Gasteiger partial charge is 0.143 e. The van der Waals surface area contributed by atoms with E-state index >= 15 is 0 Å². The lowest BCUT2D eigenvalue weighted by Crippen LogP contribution is -2.10. The summed E-state index contributed by atoms with van der Waals surface area (Å²) in [6, 6.07) is 70.9. The Morgan fingerprint density at radius 1 is 0.327 bits per heavy atom. The molecule has 0 amide bonds. The molecule has 0 saturated heterocycles. The van der Waals surface area contributed by atoms with E-state index < -0.39 is 0 Å². The average molecular weight is 704 g/mol. The molecule has 2 heterocycles. The van der Waals surface area contributed by atoms with E-state index in [-0.39, 0.29) is 0 Å². The summed E-state index contributed by atoms with van der Waals surface area (Å²) in [6.45, 7) is 0. The number of para-hydroxylation sites is 1. The summed E-state index contributed by atoms with van der Waals surface area (Å²) in [5.74, 6) is 0. The van der Waals surface area contributed by atoms with Crippen LogP contribution in [0.15, 0.2) is 209 Å². The van der Waals surface area contributed by atoms with Crippen LogP contribution in [0, 0.1) is 0 Å². The first-order valence-corrected chi connectivity index (χ1v) is 18.7. The third-order valence-electron chi connectivity index (χ3n) is 10.9. The van der Waals surface area contributed by atoms with Crippen molar-refractivity contribution < 1.29 is 8.83 Å². The van der Waals surface area contributed by atoms with Crippen molar-refractivity contribution in [3.63, 3.8) is 0 Å². The summed E-state index contributed by atoms with van der Waals surface area (Å²) >= 11 is 0. The molecule has 0 bridgehead atoms. The van der Waals surface area contributed by atoms with Crippen molar-refractivity contribution >= 4 is 71.7 Å². The zero-order valence-electron chi connectivity index (χ0n) is 29.8. The van der Waals surface area contributed by atoms with Gasteiger partial charge in [0.1, 0.15) is 22.3 Å². The molecule has 0 atom stereocenters. The highest BCUT2D eigenvalue weighted by Gasteiger charge is 2.22. The first-order valence-electron chi connectivity index (χ1n) is 18.7. The van der Waals surface area contributed by atoms with Crippen LogP contribution in [-0.4, -0.2) is 0 Å². The molecule has 55 heavy (non-hydrogen) atoms. The summed E-state index contributed by atoms with van der Waals surface area (Å²) in [6.07, 6.45) is 0. The highest BCUT2D eigenvalue weighted by molar-refractivity contribution is 6.15. The number of nitrogens with zero attached hydrogens (tertiary/aromatic N) is 1. The van der Waals surface area contributed by atoms with Crippen molar-refractivity contribution in [3.05, 3.63) is 200 Å². The summed E-state index contributed by atoms with van der Waals surface area (Å²) in [7, 11) is 0. The highest BCUT2D eigenvalue weighted by Crippen LogP contribution is 2.46. The second-order valence-corrected chi connectivity index (χ2v) is 14.1. The van der Waals surface area contributed by atoms with Gasteiger partial charge in [-0.15, -0.1) is 0 Å². The molecule has 0 unspecified atom stereocenters. The molecular weight excluding hydrogens is 671 g/mol. The van der Waals surface area contributed by atoms with E-state index in [1.807, 2.05) is 6.07 Å². The molecule has 0 aliphatic heterocycles. The number of hydrogen-bond acceptors (Lipinski definition) is 3. The van der Waals surface area contributed by atoms with Crippen molar-refractivity contribution in [2.45, 2.75) is 0 Å². The lowest BCUT2D eigenvalue weighted by molar-refractivity contribution is 0.669. The Hall–Kier alpha value is -7.36. The largest absolute Gasteiger partial charge is 0.456 e. The predicted molar refractivity (Wildman–Crippen MR) is 229 cm³/mol. The second kappa shape index (κ2) is 12.6. The molecule has 3 heteroatoms. The summed E-state index contributed by atoms with van der Waals surface area (Å²) in [4.78, 5) is 2.36. The topological polar surface area (TPSA) is 29.5 Å². The molecule has 258 valence electrons. The molecule has 0 fully saturated rings. The SMILES string of the molecule is c1ccc(-c2ccc3oc4cccc(N(c5ccc(-c6ccc7ccccc7c6)cc5)c5ccc6oc7c(-c8ccccc8)cccc7c6c5)c4c3c2)cc1. The van der Waals surface area contributed by atoms with Gasteiger partial charge >= 0.3 is 0 Å². The quantitative estimate of drug-likeness (QED) is 0.173. The Kier molecular flexibility index (Phi) is 7.17. The fourth-order valence-electron chi connectivity index (χ4n) is 8.17. The molecule has 3 nitrogen and oxygen atoms in total. The maximum Gasteiger partial charge on any atom is 0.143 e. The van der Waals surface area contributed by atoms with Gasteiger partial charge in [0, 0.05) is 33.1 Å². The molecule has 0 spiro atoms. The molecule has 0 N–H and O–H groups in total. The van der Waals surface area contributed by atoms with E-state index in [1.54, 1.807) is 0 Å². The third-order valence-corrected chi connectivity index (χ3v) is 10.9. The summed E-state index contributed by atoms with van der Waals surface area (Å²) < 4.78 is 13.2. The van der Waals surface area contributed by atoms with Gasteiger partial charge in [0.05, 0.1) is 11.1 Å². The van der Waals surface area contributed by atoms with Gasteiger partial charge in [-0.25, -0.2) is 0 Å². The van der Waals surface area contributed by atoms with Gasteiger partial charge in [-0.05, 0) is 99.3 Å².